The molecule has 0 saturated carbocycles. The summed E-state index contributed by atoms with van der Waals surface area (Å²) in [5, 5.41) is 2.98. The normalized spacial score (nSPS) is 16.1. The molecule has 1 saturated heterocycles. The molecule has 1 atom stereocenters. The number of benzene rings is 2. The SMILES string of the molecule is CCc1ccc(N2C[C@@H](C(=O)OCC(=O)Nc3ccccc3Cl)CC2=O)cc1. The Morgan fingerprint density at radius 2 is 1.89 bits per heavy atom. The summed E-state index contributed by atoms with van der Waals surface area (Å²) in [7, 11) is 0. The number of amides is 2. The van der Waals surface area contributed by atoms with Crippen molar-refractivity contribution in [1.29, 1.82) is 0 Å². The fraction of sp³-hybridized carbons (Fsp3) is 0.286. The Balaban J connectivity index is 1.52. The second-order valence-electron chi connectivity index (χ2n) is 6.56. The van der Waals surface area contributed by atoms with Crippen molar-refractivity contribution in [2.24, 2.45) is 5.92 Å². The third-order valence-electron chi connectivity index (χ3n) is 4.61. The van der Waals surface area contributed by atoms with Crippen molar-refractivity contribution in [2.75, 3.05) is 23.4 Å². The first kappa shape index (κ1) is 19.9. The molecular formula is C21H21ClN2O4. The molecule has 1 aliphatic heterocycles. The van der Waals surface area contributed by atoms with Gasteiger partial charge in [0.2, 0.25) is 5.91 Å². The molecule has 7 heteroatoms. The average Bonchev–Trinajstić information content (AvgIpc) is 3.10. The molecule has 0 spiro atoms. The Labute approximate surface area is 168 Å². The quantitative estimate of drug-likeness (QED) is 0.753. The van der Waals surface area contributed by atoms with Crippen LogP contribution in [0, 0.1) is 5.92 Å². The molecular weight excluding hydrogens is 380 g/mol. The van der Waals surface area contributed by atoms with Crippen molar-refractivity contribution in [2.45, 2.75) is 19.8 Å². The third-order valence-corrected chi connectivity index (χ3v) is 4.94. The van der Waals surface area contributed by atoms with Crippen molar-refractivity contribution >= 4 is 40.8 Å². The van der Waals surface area contributed by atoms with Gasteiger partial charge in [-0.15, -0.1) is 0 Å². The maximum Gasteiger partial charge on any atom is 0.311 e. The minimum absolute atomic E-state index is 0.0699. The molecule has 0 aromatic heterocycles. The van der Waals surface area contributed by atoms with Crippen LogP contribution in [0.2, 0.25) is 5.02 Å². The van der Waals surface area contributed by atoms with E-state index in [1.165, 1.54) is 5.56 Å². The predicted molar refractivity (Wildman–Crippen MR) is 107 cm³/mol. The highest BCUT2D eigenvalue weighted by atomic mass is 35.5. The number of aryl methyl sites for hydroxylation is 1. The van der Waals surface area contributed by atoms with E-state index in [-0.39, 0.29) is 18.9 Å². The zero-order valence-corrected chi connectivity index (χ0v) is 16.2. The van der Waals surface area contributed by atoms with Crippen LogP contribution < -0.4 is 10.2 Å². The number of hydrogen-bond acceptors (Lipinski definition) is 4. The van der Waals surface area contributed by atoms with E-state index in [1.54, 1.807) is 29.2 Å². The third kappa shape index (κ3) is 4.70. The van der Waals surface area contributed by atoms with Gasteiger partial charge in [-0.25, -0.2) is 0 Å². The number of hydrogen-bond donors (Lipinski definition) is 1. The maximum absolute atomic E-state index is 12.3. The van der Waals surface area contributed by atoms with Gasteiger partial charge in [0, 0.05) is 18.7 Å². The summed E-state index contributed by atoms with van der Waals surface area (Å²) in [5.41, 5.74) is 2.38. The fourth-order valence-electron chi connectivity index (χ4n) is 3.03. The minimum Gasteiger partial charge on any atom is -0.455 e. The molecule has 3 rings (SSSR count). The second kappa shape index (κ2) is 8.89. The van der Waals surface area contributed by atoms with E-state index in [0.717, 1.165) is 12.1 Å². The number of nitrogens with zero attached hydrogens (tertiary/aromatic N) is 1. The van der Waals surface area contributed by atoms with Crippen LogP contribution in [0.15, 0.2) is 48.5 Å². The first-order valence-corrected chi connectivity index (χ1v) is 9.46. The number of para-hydroxylation sites is 1. The molecule has 1 heterocycles. The zero-order valence-electron chi connectivity index (χ0n) is 15.5. The molecule has 0 bridgehead atoms. The van der Waals surface area contributed by atoms with E-state index in [1.807, 2.05) is 24.3 Å². The van der Waals surface area contributed by atoms with E-state index >= 15 is 0 Å². The van der Waals surface area contributed by atoms with Gasteiger partial charge in [0.1, 0.15) is 0 Å². The summed E-state index contributed by atoms with van der Waals surface area (Å²) in [4.78, 5) is 38.1. The van der Waals surface area contributed by atoms with E-state index < -0.39 is 24.4 Å². The summed E-state index contributed by atoms with van der Waals surface area (Å²) in [6.45, 7) is 1.87. The van der Waals surface area contributed by atoms with Crippen LogP contribution in [0.3, 0.4) is 0 Å². The van der Waals surface area contributed by atoms with Crippen LogP contribution in [-0.4, -0.2) is 30.9 Å². The van der Waals surface area contributed by atoms with Crippen LogP contribution in [0.25, 0.3) is 0 Å². The highest BCUT2D eigenvalue weighted by molar-refractivity contribution is 6.33. The number of rotatable bonds is 6. The van der Waals surface area contributed by atoms with Crippen LogP contribution in [-0.2, 0) is 25.5 Å². The van der Waals surface area contributed by atoms with E-state index in [4.69, 9.17) is 16.3 Å². The van der Waals surface area contributed by atoms with E-state index in [0.29, 0.717) is 10.7 Å². The average molecular weight is 401 g/mol. The van der Waals surface area contributed by atoms with Gasteiger partial charge in [-0.3, -0.25) is 14.4 Å². The van der Waals surface area contributed by atoms with Gasteiger partial charge in [0.15, 0.2) is 6.61 Å². The first-order valence-electron chi connectivity index (χ1n) is 9.08. The summed E-state index contributed by atoms with van der Waals surface area (Å²) < 4.78 is 5.10. The van der Waals surface area contributed by atoms with Crippen LogP contribution in [0.5, 0.6) is 0 Å². The molecule has 2 aromatic carbocycles. The highest BCUT2D eigenvalue weighted by Crippen LogP contribution is 2.26. The Kier molecular flexibility index (Phi) is 6.31. The fourth-order valence-corrected chi connectivity index (χ4v) is 3.21. The molecule has 1 N–H and O–H groups in total. The molecule has 2 amide bonds. The number of halogens is 1. The largest absolute Gasteiger partial charge is 0.455 e. The summed E-state index contributed by atoms with van der Waals surface area (Å²) in [5.74, 6) is -1.77. The van der Waals surface area contributed by atoms with Crippen LogP contribution in [0.1, 0.15) is 18.9 Å². The van der Waals surface area contributed by atoms with Gasteiger partial charge in [-0.1, -0.05) is 42.8 Å². The van der Waals surface area contributed by atoms with Crippen molar-refractivity contribution in [3.8, 4) is 0 Å². The summed E-state index contributed by atoms with van der Waals surface area (Å²) in [6.07, 6.45) is 0.986. The molecule has 0 radical (unpaired) electrons. The van der Waals surface area contributed by atoms with Gasteiger partial charge in [-0.05, 0) is 36.2 Å². The van der Waals surface area contributed by atoms with Gasteiger partial charge < -0.3 is 15.0 Å². The number of anilines is 2. The van der Waals surface area contributed by atoms with Gasteiger partial charge in [0.25, 0.3) is 5.91 Å². The van der Waals surface area contributed by atoms with Gasteiger partial charge in [-0.2, -0.15) is 0 Å². The number of esters is 1. The zero-order chi connectivity index (χ0) is 20.1. The molecule has 0 aliphatic carbocycles. The van der Waals surface area contributed by atoms with Crippen molar-refractivity contribution in [1.82, 2.24) is 0 Å². The molecule has 1 aliphatic rings. The van der Waals surface area contributed by atoms with E-state index in [2.05, 4.69) is 12.2 Å². The molecule has 0 unspecified atom stereocenters. The topological polar surface area (TPSA) is 75.7 Å². The standard InChI is InChI=1S/C21H21ClN2O4/c1-2-14-7-9-16(10-8-14)24-12-15(11-20(24)26)21(27)28-13-19(25)23-18-6-4-3-5-17(18)22/h3-10,15H,2,11-13H2,1H3,(H,23,25)/t15-/m0/s1. The molecule has 2 aromatic rings. The Hall–Kier alpha value is -2.86. The van der Waals surface area contributed by atoms with Crippen molar-refractivity contribution < 1.29 is 19.1 Å². The minimum atomic E-state index is -0.591. The predicted octanol–water partition coefficient (Wildman–Crippen LogP) is 3.44. The second-order valence-corrected chi connectivity index (χ2v) is 6.97. The lowest BCUT2D eigenvalue weighted by Crippen LogP contribution is -2.28. The Morgan fingerprint density at radius 3 is 2.57 bits per heavy atom. The van der Waals surface area contributed by atoms with Crippen LogP contribution >= 0.6 is 11.6 Å². The van der Waals surface area contributed by atoms with Gasteiger partial charge in [0.05, 0.1) is 16.6 Å². The van der Waals surface area contributed by atoms with Crippen molar-refractivity contribution in [3.63, 3.8) is 0 Å². The van der Waals surface area contributed by atoms with Gasteiger partial charge >= 0.3 is 5.97 Å². The number of carbonyl (C=O) groups is 3. The maximum atomic E-state index is 12.3. The molecule has 146 valence electrons. The lowest BCUT2D eigenvalue weighted by Gasteiger charge is -2.17. The smallest absolute Gasteiger partial charge is 0.311 e. The molecule has 28 heavy (non-hydrogen) atoms. The van der Waals surface area contributed by atoms with Crippen molar-refractivity contribution in [3.05, 3.63) is 59.1 Å². The van der Waals surface area contributed by atoms with Crippen LogP contribution in [0.4, 0.5) is 11.4 Å². The highest BCUT2D eigenvalue weighted by Gasteiger charge is 2.36. The first-order chi connectivity index (χ1) is 13.5. The lowest BCUT2D eigenvalue weighted by molar-refractivity contribution is -0.151. The number of carbonyl (C=O) groups excluding carboxylic acids is 3. The monoisotopic (exact) mass is 400 g/mol. The van der Waals surface area contributed by atoms with E-state index in [9.17, 15) is 14.4 Å². The summed E-state index contributed by atoms with van der Waals surface area (Å²) in [6, 6.07) is 14.5. The Bertz CT molecular complexity index is 882. The summed E-state index contributed by atoms with van der Waals surface area (Å²) >= 11 is 5.98. The lowest BCUT2D eigenvalue weighted by atomic mass is 10.1. The number of ether oxygens (including phenoxy) is 1. The number of nitrogens with one attached hydrogen (secondary N) is 1. The molecule has 6 nitrogen and oxygen atoms in total. The Morgan fingerprint density at radius 1 is 1.18 bits per heavy atom. The molecule has 1 fully saturated rings.